The molecule has 1 aromatic carbocycles. The van der Waals surface area contributed by atoms with E-state index in [4.69, 9.17) is 5.84 Å². The van der Waals surface area contributed by atoms with E-state index in [9.17, 15) is 10.1 Å². The minimum Gasteiger partial charge on any atom is -0.318 e. The van der Waals surface area contributed by atoms with Gasteiger partial charge in [-0.15, -0.1) is 0 Å². The molecule has 1 aromatic rings. The van der Waals surface area contributed by atoms with Gasteiger partial charge in [-0.1, -0.05) is 6.07 Å². The molecule has 0 aliphatic rings. The summed E-state index contributed by atoms with van der Waals surface area (Å²) in [5.74, 6) is 5.91. The van der Waals surface area contributed by atoms with Gasteiger partial charge in [0.05, 0.1) is 4.92 Å². The van der Waals surface area contributed by atoms with Gasteiger partial charge in [0.1, 0.15) is 5.69 Å². The van der Waals surface area contributed by atoms with Gasteiger partial charge in [-0.05, 0) is 17.9 Å². The van der Waals surface area contributed by atoms with Crippen molar-refractivity contribution in [1.82, 2.24) is 0 Å². The Morgan fingerprint density at radius 1 is 1.64 bits per heavy atom. The zero-order chi connectivity index (χ0) is 10.6. The van der Waals surface area contributed by atoms with E-state index in [0.717, 1.165) is 11.3 Å². The van der Waals surface area contributed by atoms with Crippen molar-refractivity contribution in [3.8, 4) is 0 Å². The predicted molar refractivity (Wildman–Crippen MR) is 58.1 cm³/mol. The number of anilines is 1. The van der Waals surface area contributed by atoms with Crippen molar-refractivity contribution in [2.45, 2.75) is 5.75 Å². The summed E-state index contributed by atoms with van der Waals surface area (Å²) in [6.45, 7) is 0. The summed E-state index contributed by atoms with van der Waals surface area (Å²) in [4.78, 5) is 10.2. The molecular weight excluding hydrogens is 202 g/mol. The van der Waals surface area contributed by atoms with Gasteiger partial charge in [0.2, 0.25) is 0 Å². The van der Waals surface area contributed by atoms with Crippen molar-refractivity contribution in [3.63, 3.8) is 0 Å². The third-order valence-corrected chi connectivity index (χ3v) is 2.35. The summed E-state index contributed by atoms with van der Waals surface area (Å²) in [6, 6.07) is 4.97. The monoisotopic (exact) mass is 213 g/mol. The first-order chi connectivity index (χ1) is 6.69. The second kappa shape index (κ2) is 4.83. The van der Waals surface area contributed by atoms with Gasteiger partial charge in [-0.25, -0.2) is 0 Å². The molecular formula is C8H11N3O2S. The summed E-state index contributed by atoms with van der Waals surface area (Å²) >= 11 is 1.61. The number of thioether (sulfide) groups is 1. The highest BCUT2D eigenvalue weighted by molar-refractivity contribution is 7.97. The minimum absolute atomic E-state index is 0.0130. The summed E-state index contributed by atoms with van der Waals surface area (Å²) in [5.41, 5.74) is 3.56. The summed E-state index contributed by atoms with van der Waals surface area (Å²) < 4.78 is 0. The van der Waals surface area contributed by atoms with Crippen molar-refractivity contribution in [3.05, 3.63) is 33.9 Å². The molecule has 5 nitrogen and oxygen atoms in total. The van der Waals surface area contributed by atoms with Crippen molar-refractivity contribution in [1.29, 1.82) is 0 Å². The lowest BCUT2D eigenvalue weighted by molar-refractivity contribution is -0.384. The zero-order valence-electron chi connectivity index (χ0n) is 7.69. The lowest BCUT2D eigenvalue weighted by Gasteiger charge is -2.03. The molecule has 0 heterocycles. The van der Waals surface area contributed by atoms with E-state index in [1.807, 2.05) is 12.3 Å². The van der Waals surface area contributed by atoms with Crippen LogP contribution in [0.25, 0.3) is 0 Å². The Morgan fingerprint density at radius 3 is 2.86 bits per heavy atom. The molecule has 3 N–H and O–H groups in total. The Labute approximate surface area is 85.8 Å². The summed E-state index contributed by atoms with van der Waals surface area (Å²) in [6.07, 6.45) is 1.95. The van der Waals surface area contributed by atoms with E-state index < -0.39 is 4.92 Å². The molecule has 76 valence electrons. The fraction of sp³-hybridized carbons (Fsp3) is 0.250. The van der Waals surface area contributed by atoms with Crippen LogP contribution in [0.5, 0.6) is 0 Å². The molecule has 0 atom stereocenters. The van der Waals surface area contributed by atoms with Crippen LogP contribution >= 0.6 is 11.8 Å². The minimum atomic E-state index is -0.445. The molecule has 0 aromatic heterocycles. The highest BCUT2D eigenvalue weighted by atomic mass is 32.2. The van der Waals surface area contributed by atoms with Crippen LogP contribution in [-0.4, -0.2) is 11.2 Å². The number of nitrogens with two attached hydrogens (primary N) is 1. The molecule has 0 saturated carbocycles. The second-order valence-corrected chi connectivity index (χ2v) is 3.55. The van der Waals surface area contributed by atoms with Crippen LogP contribution in [-0.2, 0) is 5.75 Å². The van der Waals surface area contributed by atoms with E-state index in [1.165, 1.54) is 6.07 Å². The van der Waals surface area contributed by atoms with E-state index in [0.29, 0.717) is 5.69 Å². The average Bonchev–Trinajstić information content (AvgIpc) is 2.18. The maximum absolute atomic E-state index is 10.6. The Kier molecular flexibility index (Phi) is 3.73. The smallest absolute Gasteiger partial charge is 0.293 e. The van der Waals surface area contributed by atoms with E-state index in [1.54, 1.807) is 17.8 Å². The van der Waals surface area contributed by atoms with Gasteiger partial charge in [0, 0.05) is 11.8 Å². The number of nitrogen functional groups attached to an aromatic ring is 1. The number of hydrogen-bond donors (Lipinski definition) is 2. The van der Waals surface area contributed by atoms with Gasteiger partial charge in [0.15, 0.2) is 0 Å². The molecule has 0 saturated heterocycles. The standard InChI is InChI=1S/C8H11N3O2S/c1-14-5-6-2-3-7(10-9)8(4-6)11(12)13/h2-4,10H,5,9H2,1H3. The van der Waals surface area contributed by atoms with E-state index in [-0.39, 0.29) is 5.69 Å². The molecule has 0 amide bonds. The van der Waals surface area contributed by atoms with Crippen molar-refractivity contribution >= 4 is 23.1 Å². The van der Waals surface area contributed by atoms with Crippen LogP contribution < -0.4 is 11.3 Å². The maximum atomic E-state index is 10.6. The van der Waals surface area contributed by atoms with Crippen LogP contribution in [0.1, 0.15) is 5.56 Å². The first-order valence-electron chi connectivity index (χ1n) is 3.92. The fourth-order valence-electron chi connectivity index (χ4n) is 1.11. The van der Waals surface area contributed by atoms with Crippen LogP contribution in [0.2, 0.25) is 0 Å². The molecule has 0 bridgehead atoms. The van der Waals surface area contributed by atoms with Gasteiger partial charge < -0.3 is 5.43 Å². The Bertz CT molecular complexity index is 343. The molecule has 6 heteroatoms. The molecule has 0 fully saturated rings. The third kappa shape index (κ3) is 2.36. The number of hydrogen-bond acceptors (Lipinski definition) is 5. The van der Waals surface area contributed by atoms with Gasteiger partial charge in [-0.2, -0.15) is 11.8 Å². The number of hydrazine groups is 1. The molecule has 1 rings (SSSR count). The van der Waals surface area contributed by atoms with E-state index >= 15 is 0 Å². The number of rotatable bonds is 4. The SMILES string of the molecule is CSCc1ccc(NN)c([N+](=O)[O-])c1. The number of nitro benzene ring substituents is 1. The normalized spacial score (nSPS) is 9.86. The van der Waals surface area contributed by atoms with Crippen molar-refractivity contribution < 1.29 is 4.92 Å². The average molecular weight is 213 g/mol. The Hall–Kier alpha value is -1.27. The first-order valence-corrected chi connectivity index (χ1v) is 5.31. The first kappa shape index (κ1) is 10.8. The number of nitrogens with zero attached hydrogens (tertiary/aromatic N) is 1. The fourth-order valence-corrected chi connectivity index (χ4v) is 1.62. The zero-order valence-corrected chi connectivity index (χ0v) is 8.50. The van der Waals surface area contributed by atoms with Crippen LogP contribution in [0.3, 0.4) is 0 Å². The largest absolute Gasteiger partial charge is 0.318 e. The predicted octanol–water partition coefficient (Wildman–Crippen LogP) is 1.74. The van der Waals surface area contributed by atoms with Gasteiger partial charge >= 0.3 is 0 Å². The highest BCUT2D eigenvalue weighted by Crippen LogP contribution is 2.25. The lowest BCUT2D eigenvalue weighted by atomic mass is 10.2. The van der Waals surface area contributed by atoms with Crippen LogP contribution in [0.4, 0.5) is 11.4 Å². The quantitative estimate of drug-likeness (QED) is 0.452. The highest BCUT2D eigenvalue weighted by Gasteiger charge is 2.12. The number of nitro groups is 1. The Morgan fingerprint density at radius 2 is 2.36 bits per heavy atom. The summed E-state index contributed by atoms with van der Waals surface area (Å²) in [7, 11) is 0. The summed E-state index contributed by atoms with van der Waals surface area (Å²) in [5, 5.41) is 10.6. The lowest BCUT2D eigenvalue weighted by Crippen LogP contribution is -2.09. The molecule has 0 spiro atoms. The molecule has 0 unspecified atom stereocenters. The second-order valence-electron chi connectivity index (χ2n) is 2.69. The molecule has 14 heavy (non-hydrogen) atoms. The van der Waals surface area contributed by atoms with Crippen LogP contribution in [0.15, 0.2) is 18.2 Å². The molecule has 0 aliphatic heterocycles. The molecule has 0 aliphatic carbocycles. The Balaban J connectivity index is 3.07. The molecule has 0 radical (unpaired) electrons. The maximum Gasteiger partial charge on any atom is 0.293 e. The van der Waals surface area contributed by atoms with Gasteiger partial charge in [0.25, 0.3) is 5.69 Å². The number of nitrogens with one attached hydrogen (secondary N) is 1. The third-order valence-electron chi connectivity index (χ3n) is 1.73. The van der Waals surface area contributed by atoms with Gasteiger partial charge in [-0.3, -0.25) is 16.0 Å². The van der Waals surface area contributed by atoms with E-state index in [2.05, 4.69) is 5.43 Å². The topological polar surface area (TPSA) is 81.2 Å². The van der Waals surface area contributed by atoms with Crippen LogP contribution in [0, 0.1) is 10.1 Å². The van der Waals surface area contributed by atoms with Crippen molar-refractivity contribution in [2.24, 2.45) is 5.84 Å². The van der Waals surface area contributed by atoms with Crippen molar-refractivity contribution in [2.75, 3.05) is 11.7 Å². The number of benzene rings is 1.